The fourth-order valence-electron chi connectivity index (χ4n) is 3.90. The molecule has 0 saturated heterocycles. The van der Waals surface area contributed by atoms with Crippen LogP contribution >= 0.6 is 11.3 Å². The van der Waals surface area contributed by atoms with Gasteiger partial charge < -0.3 is 5.32 Å². The molecule has 2 amide bonds. The van der Waals surface area contributed by atoms with Crippen LogP contribution in [0.4, 0.5) is 5.13 Å². The molecule has 5 aromatic rings. The number of para-hydroxylation sites is 2. The SMILES string of the molecule is CC(=O)NC(C)c1ccc(-c2csc(NC(=O)c3ccc(-n4cnc5ccccc54)cc3)n2)cc1. The van der Waals surface area contributed by atoms with Gasteiger partial charge in [0.25, 0.3) is 5.91 Å². The van der Waals surface area contributed by atoms with Crippen molar-refractivity contribution in [1.29, 1.82) is 0 Å². The number of nitrogens with one attached hydrogen (secondary N) is 2. The van der Waals surface area contributed by atoms with Gasteiger partial charge in [0.1, 0.15) is 6.33 Å². The van der Waals surface area contributed by atoms with E-state index in [0.29, 0.717) is 10.7 Å². The first kappa shape index (κ1) is 22.5. The fourth-order valence-corrected chi connectivity index (χ4v) is 4.62. The Kier molecular flexibility index (Phi) is 6.12. The topological polar surface area (TPSA) is 88.9 Å². The number of benzene rings is 3. The number of thiazole rings is 1. The smallest absolute Gasteiger partial charge is 0.257 e. The van der Waals surface area contributed by atoms with Crippen molar-refractivity contribution in [2.75, 3.05) is 5.32 Å². The van der Waals surface area contributed by atoms with E-state index in [-0.39, 0.29) is 17.9 Å². The Morgan fingerprint density at radius 1 is 0.971 bits per heavy atom. The molecule has 174 valence electrons. The highest BCUT2D eigenvalue weighted by Crippen LogP contribution is 2.27. The van der Waals surface area contributed by atoms with Crippen LogP contribution < -0.4 is 10.6 Å². The van der Waals surface area contributed by atoms with Gasteiger partial charge in [-0.15, -0.1) is 11.3 Å². The molecule has 5 rings (SSSR count). The lowest BCUT2D eigenvalue weighted by molar-refractivity contribution is -0.119. The van der Waals surface area contributed by atoms with E-state index in [2.05, 4.69) is 20.6 Å². The maximum absolute atomic E-state index is 12.8. The van der Waals surface area contributed by atoms with Crippen molar-refractivity contribution in [3.05, 3.63) is 95.6 Å². The lowest BCUT2D eigenvalue weighted by atomic mass is 10.1. The summed E-state index contributed by atoms with van der Waals surface area (Å²) < 4.78 is 1.99. The molecule has 0 radical (unpaired) electrons. The second-order valence-corrected chi connectivity index (χ2v) is 9.04. The molecule has 8 heteroatoms. The first-order chi connectivity index (χ1) is 17.0. The van der Waals surface area contributed by atoms with E-state index in [0.717, 1.165) is 33.5 Å². The summed E-state index contributed by atoms with van der Waals surface area (Å²) in [6, 6.07) is 23.1. The maximum Gasteiger partial charge on any atom is 0.257 e. The van der Waals surface area contributed by atoms with Gasteiger partial charge in [-0.2, -0.15) is 0 Å². The van der Waals surface area contributed by atoms with Crippen LogP contribution in [-0.4, -0.2) is 26.3 Å². The highest BCUT2D eigenvalue weighted by molar-refractivity contribution is 7.14. The molecule has 0 aliphatic carbocycles. The number of anilines is 1. The largest absolute Gasteiger partial charge is 0.350 e. The molecule has 1 unspecified atom stereocenters. The number of rotatable bonds is 6. The van der Waals surface area contributed by atoms with Gasteiger partial charge in [0.15, 0.2) is 5.13 Å². The number of aromatic nitrogens is 3. The number of hydrogen-bond donors (Lipinski definition) is 2. The van der Waals surface area contributed by atoms with Gasteiger partial charge in [-0.05, 0) is 48.9 Å². The van der Waals surface area contributed by atoms with E-state index in [1.165, 1.54) is 18.3 Å². The van der Waals surface area contributed by atoms with Crippen molar-refractivity contribution in [3.8, 4) is 16.9 Å². The van der Waals surface area contributed by atoms with Crippen LogP contribution in [0, 0.1) is 0 Å². The van der Waals surface area contributed by atoms with Crippen molar-refractivity contribution >= 4 is 39.3 Å². The van der Waals surface area contributed by atoms with Gasteiger partial charge in [0.05, 0.1) is 22.8 Å². The molecule has 2 N–H and O–H groups in total. The Hall–Kier alpha value is -4.30. The van der Waals surface area contributed by atoms with Gasteiger partial charge >= 0.3 is 0 Å². The van der Waals surface area contributed by atoms with Crippen LogP contribution in [0.25, 0.3) is 28.0 Å². The third kappa shape index (κ3) is 4.83. The number of hydrogen-bond acceptors (Lipinski definition) is 5. The molecular weight excluding hydrogens is 458 g/mol. The predicted molar refractivity (Wildman–Crippen MR) is 139 cm³/mol. The number of carbonyl (C=O) groups is 2. The lowest BCUT2D eigenvalue weighted by Gasteiger charge is -2.13. The first-order valence-electron chi connectivity index (χ1n) is 11.1. The average molecular weight is 482 g/mol. The molecule has 0 aliphatic rings. The number of amides is 2. The van der Waals surface area contributed by atoms with Gasteiger partial charge in [-0.3, -0.25) is 19.5 Å². The molecule has 35 heavy (non-hydrogen) atoms. The molecule has 0 saturated carbocycles. The highest BCUT2D eigenvalue weighted by Gasteiger charge is 2.12. The summed E-state index contributed by atoms with van der Waals surface area (Å²) in [6.07, 6.45) is 1.78. The molecule has 0 aliphatic heterocycles. The van der Waals surface area contributed by atoms with Crippen LogP contribution in [0.1, 0.15) is 35.8 Å². The summed E-state index contributed by atoms with van der Waals surface area (Å²) in [5, 5.41) is 8.20. The second kappa shape index (κ2) is 9.52. The zero-order valence-corrected chi connectivity index (χ0v) is 20.0. The van der Waals surface area contributed by atoms with Gasteiger partial charge in [-0.1, -0.05) is 36.4 Å². The third-order valence-electron chi connectivity index (χ3n) is 5.71. The second-order valence-electron chi connectivity index (χ2n) is 8.19. The summed E-state index contributed by atoms with van der Waals surface area (Å²) in [5.74, 6) is -0.279. The van der Waals surface area contributed by atoms with E-state index in [1.807, 2.05) is 77.5 Å². The van der Waals surface area contributed by atoms with Crippen molar-refractivity contribution in [2.45, 2.75) is 19.9 Å². The zero-order valence-electron chi connectivity index (χ0n) is 19.2. The van der Waals surface area contributed by atoms with Crippen molar-refractivity contribution in [2.24, 2.45) is 0 Å². The molecule has 7 nitrogen and oxygen atoms in total. The summed E-state index contributed by atoms with van der Waals surface area (Å²) in [5.41, 5.74) is 6.15. The Labute approximate surface area is 206 Å². The summed E-state index contributed by atoms with van der Waals surface area (Å²) >= 11 is 1.38. The number of fused-ring (bicyclic) bond motifs is 1. The van der Waals surface area contributed by atoms with Crippen LogP contribution in [0.15, 0.2) is 84.5 Å². The quantitative estimate of drug-likeness (QED) is 0.330. The molecule has 2 heterocycles. The molecule has 0 spiro atoms. The Bertz CT molecular complexity index is 1500. The van der Waals surface area contributed by atoms with Crippen LogP contribution in [0.3, 0.4) is 0 Å². The van der Waals surface area contributed by atoms with Crippen LogP contribution in [0.5, 0.6) is 0 Å². The maximum atomic E-state index is 12.8. The normalized spacial score (nSPS) is 11.8. The molecule has 0 bridgehead atoms. The van der Waals surface area contributed by atoms with Crippen LogP contribution in [-0.2, 0) is 4.79 Å². The van der Waals surface area contributed by atoms with Gasteiger partial charge in [0.2, 0.25) is 5.91 Å². The number of nitrogens with zero attached hydrogens (tertiary/aromatic N) is 3. The molecule has 0 fully saturated rings. The van der Waals surface area contributed by atoms with E-state index < -0.39 is 0 Å². The monoisotopic (exact) mass is 481 g/mol. The summed E-state index contributed by atoms with van der Waals surface area (Å²) in [6.45, 7) is 3.45. The first-order valence-corrected chi connectivity index (χ1v) is 12.0. The average Bonchev–Trinajstić information content (AvgIpc) is 3.51. The van der Waals surface area contributed by atoms with Gasteiger partial charge in [0, 0.05) is 29.1 Å². The zero-order chi connectivity index (χ0) is 24.4. The Morgan fingerprint density at radius 3 is 2.46 bits per heavy atom. The minimum atomic E-state index is -0.215. The Morgan fingerprint density at radius 2 is 1.71 bits per heavy atom. The van der Waals surface area contributed by atoms with Crippen molar-refractivity contribution in [3.63, 3.8) is 0 Å². The third-order valence-corrected chi connectivity index (χ3v) is 6.47. The van der Waals surface area contributed by atoms with Crippen molar-refractivity contribution < 1.29 is 9.59 Å². The minimum absolute atomic E-state index is 0.0636. The molecular formula is C27H23N5O2S. The van der Waals surface area contributed by atoms with Gasteiger partial charge in [-0.25, -0.2) is 9.97 Å². The highest BCUT2D eigenvalue weighted by atomic mass is 32.1. The predicted octanol–water partition coefficient (Wildman–Crippen LogP) is 5.60. The summed E-state index contributed by atoms with van der Waals surface area (Å²) in [7, 11) is 0. The minimum Gasteiger partial charge on any atom is -0.350 e. The van der Waals surface area contributed by atoms with Crippen LogP contribution in [0.2, 0.25) is 0 Å². The fraction of sp³-hybridized carbons (Fsp3) is 0.111. The standard InChI is InChI=1S/C27H23N5O2S/c1-17(29-18(2)33)19-7-9-20(10-8-19)24-15-35-27(30-24)31-26(34)21-11-13-22(14-12-21)32-16-28-23-5-3-4-6-25(23)32/h3-17H,1-2H3,(H,29,33)(H,30,31,34). The van der Waals surface area contributed by atoms with E-state index in [1.54, 1.807) is 18.5 Å². The lowest BCUT2D eigenvalue weighted by Crippen LogP contribution is -2.23. The van der Waals surface area contributed by atoms with E-state index >= 15 is 0 Å². The Balaban J connectivity index is 1.26. The molecule has 3 aromatic carbocycles. The van der Waals surface area contributed by atoms with Crippen molar-refractivity contribution in [1.82, 2.24) is 19.9 Å². The number of carbonyl (C=O) groups excluding carboxylic acids is 2. The molecule has 2 aromatic heterocycles. The van der Waals surface area contributed by atoms with E-state index in [9.17, 15) is 9.59 Å². The summed E-state index contributed by atoms with van der Waals surface area (Å²) in [4.78, 5) is 33.0. The number of imidazole rings is 1. The van der Waals surface area contributed by atoms with E-state index in [4.69, 9.17) is 0 Å². The molecule has 1 atom stereocenters.